The molecular formula is C25H25F2N7S. The van der Waals surface area contributed by atoms with Crippen LogP contribution in [0.2, 0.25) is 0 Å². The van der Waals surface area contributed by atoms with Crippen LogP contribution in [0.15, 0.2) is 54.1 Å². The number of likely N-dealkylation sites (tertiary alicyclic amines) is 1. The van der Waals surface area contributed by atoms with Crippen LogP contribution in [0.1, 0.15) is 0 Å². The second-order valence-electron chi connectivity index (χ2n) is 9.27. The summed E-state index contributed by atoms with van der Waals surface area (Å²) in [5.74, 6) is 0.589. The van der Waals surface area contributed by atoms with Crippen molar-refractivity contribution < 1.29 is 8.78 Å². The van der Waals surface area contributed by atoms with Crippen LogP contribution < -0.4 is 10.2 Å². The number of fused-ring (bicyclic) bond motifs is 2. The molecule has 0 bridgehead atoms. The minimum atomic E-state index is -0.518. The third-order valence-electron chi connectivity index (χ3n) is 6.94. The van der Waals surface area contributed by atoms with Gasteiger partial charge in [0.1, 0.15) is 11.5 Å². The van der Waals surface area contributed by atoms with E-state index in [2.05, 4.69) is 32.2 Å². The summed E-state index contributed by atoms with van der Waals surface area (Å²) in [6, 6.07) is 4.80. The first kappa shape index (κ1) is 22.2. The number of pyridine rings is 1. The molecule has 2 aliphatic heterocycles. The molecule has 35 heavy (non-hydrogen) atoms. The molecule has 6 rings (SSSR count). The van der Waals surface area contributed by atoms with E-state index < -0.39 is 11.6 Å². The fourth-order valence-electron chi connectivity index (χ4n) is 5.33. The normalized spacial score (nSPS) is 20.1. The molecule has 4 aromatic rings. The summed E-state index contributed by atoms with van der Waals surface area (Å²) in [5.41, 5.74) is 2.47. The average molecular weight is 494 g/mol. The lowest BCUT2D eigenvalue weighted by Crippen LogP contribution is -2.28. The minimum Gasteiger partial charge on any atom is -0.372 e. The lowest BCUT2D eigenvalue weighted by atomic mass is 10.0. The molecule has 2 unspecified atom stereocenters. The molecule has 1 N–H and O–H groups in total. The highest BCUT2D eigenvalue weighted by Gasteiger charge is 2.40. The maximum Gasteiger partial charge on any atom is 0.150 e. The SMILES string of the molecule is CNc1cnc(-c2cncc3c2ccn3Sc2cc(F)c(N3CC4CN(C)CC4C3)c(F)c2)cn1. The zero-order valence-corrected chi connectivity index (χ0v) is 20.3. The molecule has 0 radical (unpaired) electrons. The van der Waals surface area contributed by atoms with Crippen LogP contribution in [0.4, 0.5) is 20.3 Å². The maximum atomic E-state index is 15.2. The highest BCUT2D eigenvalue weighted by molar-refractivity contribution is 7.98. The van der Waals surface area contributed by atoms with Gasteiger partial charge >= 0.3 is 0 Å². The van der Waals surface area contributed by atoms with Crippen molar-refractivity contribution in [1.29, 1.82) is 0 Å². The number of nitrogens with zero attached hydrogens (tertiary/aromatic N) is 6. The highest BCUT2D eigenvalue weighted by Crippen LogP contribution is 2.38. The Morgan fingerprint density at radius 3 is 2.37 bits per heavy atom. The van der Waals surface area contributed by atoms with Crippen molar-refractivity contribution >= 4 is 34.4 Å². The molecule has 180 valence electrons. The summed E-state index contributed by atoms with van der Waals surface area (Å²) in [4.78, 5) is 17.8. The molecule has 0 aliphatic carbocycles. The van der Waals surface area contributed by atoms with E-state index >= 15 is 8.78 Å². The predicted octanol–water partition coefficient (Wildman–Crippen LogP) is 4.37. The zero-order valence-electron chi connectivity index (χ0n) is 19.4. The Kier molecular flexibility index (Phi) is 5.57. The zero-order chi connectivity index (χ0) is 24.1. The Morgan fingerprint density at radius 1 is 0.971 bits per heavy atom. The highest BCUT2D eigenvalue weighted by atomic mass is 32.2. The fraction of sp³-hybridized carbons (Fsp3) is 0.320. The van der Waals surface area contributed by atoms with Crippen LogP contribution in [-0.4, -0.2) is 64.1 Å². The van der Waals surface area contributed by atoms with Crippen molar-refractivity contribution in [2.75, 3.05) is 50.5 Å². The van der Waals surface area contributed by atoms with Crippen LogP contribution in [0.25, 0.3) is 22.2 Å². The Morgan fingerprint density at radius 2 is 1.71 bits per heavy atom. The third-order valence-corrected chi connectivity index (χ3v) is 7.91. The Labute approximate surface area is 206 Å². The van der Waals surface area contributed by atoms with Crippen molar-refractivity contribution in [1.82, 2.24) is 23.8 Å². The molecule has 0 saturated carbocycles. The first-order chi connectivity index (χ1) is 17.0. The molecule has 2 fully saturated rings. The number of rotatable bonds is 5. The van der Waals surface area contributed by atoms with E-state index in [1.165, 1.54) is 24.1 Å². The Balaban J connectivity index is 1.27. The van der Waals surface area contributed by atoms with Gasteiger partial charge < -0.3 is 15.1 Å². The van der Waals surface area contributed by atoms with E-state index in [0.717, 1.165) is 29.6 Å². The maximum absolute atomic E-state index is 15.2. The monoisotopic (exact) mass is 493 g/mol. The summed E-state index contributed by atoms with van der Waals surface area (Å²) in [6.07, 6.45) is 8.72. The topological polar surface area (TPSA) is 62.1 Å². The lowest BCUT2D eigenvalue weighted by Gasteiger charge is -2.22. The summed E-state index contributed by atoms with van der Waals surface area (Å²) < 4.78 is 32.2. The molecule has 1 aromatic carbocycles. The molecule has 7 nitrogen and oxygen atoms in total. The largest absolute Gasteiger partial charge is 0.372 e. The second kappa shape index (κ2) is 8.76. The van der Waals surface area contributed by atoms with Gasteiger partial charge in [-0.2, -0.15) is 0 Å². The minimum absolute atomic E-state index is 0.0938. The average Bonchev–Trinajstić information content (AvgIpc) is 3.52. The van der Waals surface area contributed by atoms with E-state index in [9.17, 15) is 0 Å². The van der Waals surface area contributed by atoms with Gasteiger partial charge in [-0.1, -0.05) is 0 Å². The predicted molar refractivity (Wildman–Crippen MR) is 135 cm³/mol. The van der Waals surface area contributed by atoms with E-state index in [-0.39, 0.29) is 5.69 Å². The second-order valence-corrected chi connectivity index (χ2v) is 10.3. The molecule has 2 saturated heterocycles. The fourth-order valence-corrected chi connectivity index (χ4v) is 6.24. The molecule has 5 heterocycles. The molecule has 2 aliphatic rings. The number of benzene rings is 1. The smallest absolute Gasteiger partial charge is 0.150 e. The number of nitrogens with one attached hydrogen (secondary N) is 1. The number of anilines is 2. The number of halogens is 2. The van der Waals surface area contributed by atoms with Crippen LogP contribution in [0.3, 0.4) is 0 Å². The van der Waals surface area contributed by atoms with Gasteiger partial charge in [0.15, 0.2) is 11.6 Å². The van der Waals surface area contributed by atoms with Crippen molar-refractivity contribution in [2.45, 2.75) is 4.90 Å². The first-order valence-electron chi connectivity index (χ1n) is 11.6. The van der Waals surface area contributed by atoms with Gasteiger partial charge in [-0.15, -0.1) is 0 Å². The Hall–Kier alpha value is -3.24. The van der Waals surface area contributed by atoms with E-state index in [1.807, 2.05) is 21.1 Å². The van der Waals surface area contributed by atoms with Gasteiger partial charge in [0.25, 0.3) is 0 Å². The Bertz CT molecular complexity index is 1350. The van der Waals surface area contributed by atoms with E-state index in [1.54, 1.807) is 31.8 Å². The lowest BCUT2D eigenvalue weighted by molar-refractivity contribution is 0.386. The van der Waals surface area contributed by atoms with Crippen LogP contribution in [-0.2, 0) is 0 Å². The van der Waals surface area contributed by atoms with Crippen molar-refractivity contribution in [3.05, 3.63) is 60.8 Å². The number of aromatic nitrogens is 4. The van der Waals surface area contributed by atoms with Crippen molar-refractivity contribution in [3.8, 4) is 11.3 Å². The third kappa shape index (κ3) is 4.00. The van der Waals surface area contributed by atoms with Gasteiger partial charge in [0.2, 0.25) is 0 Å². The summed E-state index contributed by atoms with van der Waals surface area (Å²) in [5, 5.41) is 3.89. The molecule has 10 heteroatoms. The van der Waals surface area contributed by atoms with Gasteiger partial charge in [-0.3, -0.25) is 13.9 Å². The van der Waals surface area contributed by atoms with Gasteiger partial charge in [-0.25, -0.2) is 13.8 Å². The molecular weight excluding hydrogens is 468 g/mol. The van der Waals surface area contributed by atoms with E-state index in [4.69, 9.17) is 0 Å². The summed E-state index contributed by atoms with van der Waals surface area (Å²) in [6.45, 7) is 3.37. The van der Waals surface area contributed by atoms with Crippen molar-refractivity contribution in [3.63, 3.8) is 0 Å². The van der Waals surface area contributed by atoms with E-state index in [0.29, 0.717) is 41.3 Å². The van der Waals surface area contributed by atoms with Crippen LogP contribution >= 0.6 is 11.9 Å². The van der Waals surface area contributed by atoms with Gasteiger partial charge in [-0.05, 0) is 49.0 Å². The van der Waals surface area contributed by atoms with Gasteiger partial charge in [0, 0.05) is 61.5 Å². The first-order valence-corrected chi connectivity index (χ1v) is 12.3. The van der Waals surface area contributed by atoms with Crippen LogP contribution in [0.5, 0.6) is 0 Å². The summed E-state index contributed by atoms with van der Waals surface area (Å²) >= 11 is 1.26. The molecule has 3 aromatic heterocycles. The summed E-state index contributed by atoms with van der Waals surface area (Å²) in [7, 11) is 3.89. The molecule has 0 amide bonds. The molecule has 2 atom stereocenters. The standard InChI is InChI=1S/C25H25F2N7S/c1-28-24-10-30-22(8-31-24)19-7-29-9-23-18(19)3-4-34(23)35-17-5-20(26)25(21(27)6-17)33-13-15-11-32(2)12-16(15)14-33/h3-10,15-16H,11-14H2,1-2H3,(H,28,31). The number of hydrogen-bond acceptors (Lipinski definition) is 7. The number of hydrogen-bond donors (Lipinski definition) is 1. The quantitative estimate of drug-likeness (QED) is 0.443. The molecule has 0 spiro atoms. The van der Waals surface area contributed by atoms with Gasteiger partial charge in [0.05, 0.1) is 29.8 Å². The van der Waals surface area contributed by atoms with Crippen LogP contribution in [0, 0.1) is 23.5 Å². The van der Waals surface area contributed by atoms with Crippen molar-refractivity contribution in [2.24, 2.45) is 11.8 Å².